The van der Waals surface area contributed by atoms with Gasteiger partial charge in [-0.25, -0.2) is 0 Å². The van der Waals surface area contributed by atoms with Gasteiger partial charge in [-0.2, -0.15) is 0 Å². The van der Waals surface area contributed by atoms with Crippen molar-refractivity contribution >= 4 is 17.5 Å². The van der Waals surface area contributed by atoms with Crippen LogP contribution in [0.4, 0.5) is 0 Å². The minimum Gasteiger partial charge on any atom is -0.466 e. The van der Waals surface area contributed by atoms with Crippen LogP contribution in [0, 0.1) is 13.8 Å². The van der Waals surface area contributed by atoms with Gasteiger partial charge in [0.05, 0.1) is 11.6 Å². The summed E-state index contributed by atoms with van der Waals surface area (Å²) in [6.07, 6.45) is 0. The molecule has 0 aliphatic rings. The number of aryl methyl sites for hydroxylation is 2. The second kappa shape index (κ2) is 8.36. The standard InChI is InChI=1S/C19H25ClN2O2/c1-5-22(6-2)18(15-9-7-8-10-17(15)20)12-21-19(23)16-11-13(3)24-14(16)4/h7-11,18H,5-6,12H2,1-4H3,(H,21,23). The summed E-state index contributed by atoms with van der Waals surface area (Å²) in [7, 11) is 0. The average Bonchev–Trinajstić information content (AvgIpc) is 2.90. The Balaban J connectivity index is 2.18. The fourth-order valence-corrected chi connectivity index (χ4v) is 3.25. The van der Waals surface area contributed by atoms with Crippen molar-refractivity contribution in [3.8, 4) is 0 Å². The van der Waals surface area contributed by atoms with E-state index in [1.54, 1.807) is 13.0 Å². The molecule has 0 aliphatic carbocycles. The van der Waals surface area contributed by atoms with E-state index in [1.807, 2.05) is 31.2 Å². The molecule has 2 rings (SSSR count). The summed E-state index contributed by atoms with van der Waals surface area (Å²) in [6, 6.07) is 9.60. The van der Waals surface area contributed by atoms with E-state index >= 15 is 0 Å². The van der Waals surface area contributed by atoms with Gasteiger partial charge in [0.25, 0.3) is 5.91 Å². The zero-order valence-corrected chi connectivity index (χ0v) is 15.5. The van der Waals surface area contributed by atoms with Gasteiger partial charge < -0.3 is 9.73 Å². The topological polar surface area (TPSA) is 45.5 Å². The minimum absolute atomic E-state index is 0.0333. The van der Waals surface area contributed by atoms with Crippen molar-refractivity contribution in [1.82, 2.24) is 10.2 Å². The molecular weight excluding hydrogens is 324 g/mol. The summed E-state index contributed by atoms with van der Waals surface area (Å²) in [4.78, 5) is 14.8. The van der Waals surface area contributed by atoms with Gasteiger partial charge in [-0.3, -0.25) is 9.69 Å². The predicted molar refractivity (Wildman–Crippen MR) is 97.6 cm³/mol. The van der Waals surface area contributed by atoms with Crippen LogP contribution in [-0.2, 0) is 0 Å². The molecule has 24 heavy (non-hydrogen) atoms. The lowest BCUT2D eigenvalue weighted by atomic mass is 10.0. The lowest BCUT2D eigenvalue weighted by Crippen LogP contribution is -2.38. The van der Waals surface area contributed by atoms with Crippen LogP contribution in [0.2, 0.25) is 5.02 Å². The third-order valence-corrected chi connectivity index (χ3v) is 4.60. The van der Waals surface area contributed by atoms with E-state index in [-0.39, 0.29) is 11.9 Å². The number of halogens is 1. The van der Waals surface area contributed by atoms with E-state index in [4.69, 9.17) is 16.0 Å². The van der Waals surface area contributed by atoms with Crippen LogP contribution in [-0.4, -0.2) is 30.4 Å². The number of rotatable bonds is 7. The van der Waals surface area contributed by atoms with E-state index in [1.165, 1.54) is 0 Å². The highest BCUT2D eigenvalue weighted by Gasteiger charge is 2.22. The fraction of sp³-hybridized carbons (Fsp3) is 0.421. The third kappa shape index (κ3) is 4.19. The first-order chi connectivity index (χ1) is 11.5. The molecule has 1 aromatic carbocycles. The number of likely N-dealkylation sites (N-methyl/N-ethyl adjacent to an activating group) is 1. The summed E-state index contributed by atoms with van der Waals surface area (Å²) in [5.74, 6) is 1.26. The maximum Gasteiger partial charge on any atom is 0.254 e. The van der Waals surface area contributed by atoms with Gasteiger partial charge in [-0.15, -0.1) is 0 Å². The summed E-state index contributed by atoms with van der Waals surface area (Å²) >= 11 is 6.38. The summed E-state index contributed by atoms with van der Waals surface area (Å²) in [6.45, 7) is 10.1. The molecule has 0 radical (unpaired) electrons. The van der Waals surface area contributed by atoms with Crippen molar-refractivity contribution in [1.29, 1.82) is 0 Å². The molecule has 0 saturated carbocycles. The first-order valence-electron chi connectivity index (χ1n) is 8.31. The number of hydrogen-bond acceptors (Lipinski definition) is 3. The number of hydrogen-bond donors (Lipinski definition) is 1. The van der Waals surface area contributed by atoms with Crippen molar-refractivity contribution in [3.05, 3.63) is 58.0 Å². The van der Waals surface area contributed by atoms with Crippen LogP contribution in [0.1, 0.15) is 47.3 Å². The van der Waals surface area contributed by atoms with Crippen LogP contribution in [0.5, 0.6) is 0 Å². The monoisotopic (exact) mass is 348 g/mol. The Labute approximate surface area is 148 Å². The summed E-state index contributed by atoms with van der Waals surface area (Å²) in [5.41, 5.74) is 1.62. The van der Waals surface area contributed by atoms with Gasteiger partial charge in [-0.1, -0.05) is 43.6 Å². The highest BCUT2D eigenvalue weighted by Crippen LogP contribution is 2.27. The molecular formula is C19H25ClN2O2. The maximum atomic E-state index is 12.5. The fourth-order valence-electron chi connectivity index (χ4n) is 2.99. The molecule has 2 aromatic rings. The highest BCUT2D eigenvalue weighted by molar-refractivity contribution is 6.31. The predicted octanol–water partition coefficient (Wildman–Crippen LogP) is 4.36. The molecule has 1 atom stereocenters. The number of carbonyl (C=O) groups is 1. The SMILES string of the molecule is CCN(CC)C(CNC(=O)c1cc(C)oc1C)c1ccccc1Cl. The molecule has 0 spiro atoms. The smallest absolute Gasteiger partial charge is 0.254 e. The van der Waals surface area contributed by atoms with E-state index in [0.717, 1.165) is 29.4 Å². The van der Waals surface area contributed by atoms with E-state index in [2.05, 4.69) is 24.1 Å². The average molecular weight is 349 g/mol. The first kappa shape index (κ1) is 18.6. The van der Waals surface area contributed by atoms with E-state index in [0.29, 0.717) is 17.9 Å². The van der Waals surface area contributed by atoms with Gasteiger partial charge in [0, 0.05) is 11.6 Å². The quantitative estimate of drug-likeness (QED) is 0.808. The molecule has 1 amide bonds. The molecule has 1 aromatic heterocycles. The van der Waals surface area contributed by atoms with Gasteiger partial charge in [-0.05, 0) is 44.6 Å². The van der Waals surface area contributed by atoms with Crippen LogP contribution >= 0.6 is 11.6 Å². The van der Waals surface area contributed by atoms with Gasteiger partial charge in [0.2, 0.25) is 0 Å². The van der Waals surface area contributed by atoms with Crippen LogP contribution in [0.3, 0.4) is 0 Å². The van der Waals surface area contributed by atoms with Gasteiger partial charge in [0.15, 0.2) is 0 Å². The number of carbonyl (C=O) groups excluding carboxylic acids is 1. The Kier molecular flexibility index (Phi) is 6.46. The highest BCUT2D eigenvalue weighted by atomic mass is 35.5. The molecule has 0 fully saturated rings. The van der Waals surface area contributed by atoms with E-state index < -0.39 is 0 Å². The van der Waals surface area contributed by atoms with Crippen molar-refractivity contribution in [2.75, 3.05) is 19.6 Å². The van der Waals surface area contributed by atoms with Crippen molar-refractivity contribution in [2.24, 2.45) is 0 Å². The molecule has 0 saturated heterocycles. The lowest BCUT2D eigenvalue weighted by Gasteiger charge is -2.30. The zero-order valence-electron chi connectivity index (χ0n) is 14.7. The number of furan rings is 1. The Morgan fingerprint density at radius 1 is 1.25 bits per heavy atom. The first-order valence-corrected chi connectivity index (χ1v) is 8.69. The maximum absolute atomic E-state index is 12.5. The molecule has 1 N–H and O–H groups in total. The molecule has 0 bridgehead atoms. The van der Waals surface area contributed by atoms with Gasteiger partial charge in [0.1, 0.15) is 11.5 Å². The molecule has 130 valence electrons. The molecule has 4 nitrogen and oxygen atoms in total. The Morgan fingerprint density at radius 3 is 2.46 bits per heavy atom. The zero-order chi connectivity index (χ0) is 17.7. The summed E-state index contributed by atoms with van der Waals surface area (Å²) < 4.78 is 5.44. The Bertz CT molecular complexity index is 692. The minimum atomic E-state index is -0.117. The number of nitrogens with one attached hydrogen (secondary N) is 1. The number of nitrogens with zero attached hydrogens (tertiary/aromatic N) is 1. The van der Waals surface area contributed by atoms with Crippen LogP contribution < -0.4 is 5.32 Å². The summed E-state index contributed by atoms with van der Waals surface area (Å²) in [5, 5.41) is 3.75. The van der Waals surface area contributed by atoms with Crippen molar-refractivity contribution < 1.29 is 9.21 Å². The molecule has 1 unspecified atom stereocenters. The number of benzene rings is 1. The van der Waals surface area contributed by atoms with Crippen LogP contribution in [0.15, 0.2) is 34.7 Å². The molecule has 1 heterocycles. The Morgan fingerprint density at radius 2 is 1.92 bits per heavy atom. The van der Waals surface area contributed by atoms with Crippen molar-refractivity contribution in [3.63, 3.8) is 0 Å². The molecule has 5 heteroatoms. The largest absolute Gasteiger partial charge is 0.466 e. The Hall–Kier alpha value is -1.78. The lowest BCUT2D eigenvalue weighted by molar-refractivity contribution is 0.0933. The van der Waals surface area contributed by atoms with Crippen molar-refractivity contribution in [2.45, 2.75) is 33.7 Å². The normalized spacial score (nSPS) is 12.4. The van der Waals surface area contributed by atoms with Gasteiger partial charge >= 0.3 is 0 Å². The molecule has 0 aliphatic heterocycles. The number of amides is 1. The van der Waals surface area contributed by atoms with Crippen LogP contribution in [0.25, 0.3) is 0 Å². The third-order valence-electron chi connectivity index (χ3n) is 4.26. The van der Waals surface area contributed by atoms with E-state index in [9.17, 15) is 4.79 Å². The second-order valence-corrected chi connectivity index (χ2v) is 6.20. The second-order valence-electron chi connectivity index (χ2n) is 5.80.